The van der Waals surface area contributed by atoms with Crippen LogP contribution in [0.3, 0.4) is 0 Å². The number of amides is 2. The second-order valence-corrected chi connectivity index (χ2v) is 11.0. The number of benzene rings is 2. The fourth-order valence-electron chi connectivity index (χ4n) is 5.82. The van der Waals surface area contributed by atoms with E-state index in [4.69, 9.17) is 23.2 Å². The minimum absolute atomic E-state index is 0.0448. The summed E-state index contributed by atoms with van der Waals surface area (Å²) in [7, 11) is 0. The molecule has 2 fully saturated rings. The van der Waals surface area contributed by atoms with Gasteiger partial charge < -0.3 is 15.5 Å². The van der Waals surface area contributed by atoms with Gasteiger partial charge in [0, 0.05) is 40.4 Å². The molecule has 2 heterocycles. The summed E-state index contributed by atoms with van der Waals surface area (Å²) < 4.78 is 0. The van der Waals surface area contributed by atoms with Gasteiger partial charge in [-0.15, -0.1) is 0 Å². The molecular formula is C28H31Cl2N3O2. The van der Waals surface area contributed by atoms with Crippen molar-refractivity contribution in [2.45, 2.75) is 70.1 Å². The molecule has 0 spiro atoms. The maximum atomic E-state index is 13.0. The van der Waals surface area contributed by atoms with Crippen LogP contribution in [0, 0.1) is 5.92 Å². The highest BCUT2D eigenvalue weighted by Gasteiger charge is 2.38. The Bertz CT molecular complexity index is 1140. The maximum Gasteiger partial charge on any atom is 0.255 e. The lowest BCUT2D eigenvalue weighted by molar-refractivity contribution is -0.126. The van der Waals surface area contributed by atoms with Crippen LogP contribution in [0.5, 0.6) is 0 Å². The van der Waals surface area contributed by atoms with Crippen LogP contribution < -0.4 is 10.6 Å². The third kappa shape index (κ3) is 5.42. The smallest absolute Gasteiger partial charge is 0.255 e. The first-order valence-electron chi connectivity index (χ1n) is 12.5. The third-order valence-corrected chi connectivity index (χ3v) is 8.03. The van der Waals surface area contributed by atoms with Crippen LogP contribution >= 0.6 is 23.2 Å². The van der Waals surface area contributed by atoms with Crippen LogP contribution in [0.15, 0.2) is 48.7 Å². The first-order valence-corrected chi connectivity index (χ1v) is 13.2. The average Bonchev–Trinajstić information content (AvgIpc) is 3.13. The fraction of sp³-hybridized carbons (Fsp3) is 0.429. The van der Waals surface area contributed by atoms with Crippen molar-refractivity contribution in [3.05, 3.63) is 81.0 Å². The Morgan fingerprint density at radius 3 is 2.54 bits per heavy atom. The summed E-state index contributed by atoms with van der Waals surface area (Å²) >= 11 is 12.3. The van der Waals surface area contributed by atoms with Crippen LogP contribution in [-0.4, -0.2) is 28.8 Å². The van der Waals surface area contributed by atoms with Gasteiger partial charge >= 0.3 is 0 Å². The molecule has 3 aliphatic rings. The molecule has 35 heavy (non-hydrogen) atoms. The largest absolute Gasteiger partial charge is 0.329 e. The van der Waals surface area contributed by atoms with E-state index in [1.165, 1.54) is 24.8 Å². The molecule has 184 valence electrons. The zero-order valence-electron chi connectivity index (χ0n) is 19.8. The molecule has 0 aromatic heterocycles. The first-order chi connectivity index (χ1) is 16.9. The van der Waals surface area contributed by atoms with E-state index in [2.05, 4.69) is 29.3 Å². The Kier molecular flexibility index (Phi) is 7.19. The highest BCUT2D eigenvalue weighted by atomic mass is 35.5. The summed E-state index contributed by atoms with van der Waals surface area (Å²) in [6.45, 7) is 5.08. The van der Waals surface area contributed by atoms with Crippen LogP contribution in [0.4, 0.5) is 0 Å². The van der Waals surface area contributed by atoms with Gasteiger partial charge in [0.05, 0.1) is 0 Å². The second kappa shape index (κ2) is 10.3. The molecule has 1 saturated carbocycles. The maximum absolute atomic E-state index is 13.0. The molecular weight excluding hydrogens is 481 g/mol. The number of hydrogen-bond acceptors (Lipinski definition) is 3. The Morgan fingerprint density at radius 2 is 1.77 bits per heavy atom. The zero-order chi connectivity index (χ0) is 24.5. The van der Waals surface area contributed by atoms with E-state index in [-0.39, 0.29) is 11.8 Å². The Morgan fingerprint density at radius 1 is 1.00 bits per heavy atom. The monoisotopic (exact) mass is 511 g/mol. The van der Waals surface area contributed by atoms with Crippen molar-refractivity contribution in [2.24, 2.45) is 5.92 Å². The quantitative estimate of drug-likeness (QED) is 0.527. The summed E-state index contributed by atoms with van der Waals surface area (Å²) in [5, 5.41) is 7.87. The van der Waals surface area contributed by atoms with E-state index in [1.54, 1.807) is 11.0 Å². The van der Waals surface area contributed by atoms with Gasteiger partial charge in [0.1, 0.15) is 6.04 Å². The molecule has 0 bridgehead atoms. The fourth-order valence-corrected chi connectivity index (χ4v) is 6.39. The van der Waals surface area contributed by atoms with Crippen molar-refractivity contribution in [2.75, 3.05) is 0 Å². The molecule has 3 atom stereocenters. The molecule has 5 nitrogen and oxygen atoms in total. The van der Waals surface area contributed by atoms with E-state index < -0.39 is 6.04 Å². The molecule has 1 saturated heterocycles. The number of piperidine rings is 1. The molecule has 2 amide bonds. The highest BCUT2D eigenvalue weighted by molar-refractivity contribution is 6.34. The number of allylic oxidation sites excluding steroid dienone is 1. The number of hydrogen-bond donors (Lipinski definition) is 2. The number of fused-ring (bicyclic) bond motifs is 1. The number of carbonyl (C=O) groups is 2. The summed E-state index contributed by atoms with van der Waals surface area (Å²) in [4.78, 5) is 27.2. The number of carbonyl (C=O) groups excluding carboxylic acids is 2. The predicted octanol–water partition coefficient (Wildman–Crippen LogP) is 5.63. The van der Waals surface area contributed by atoms with Gasteiger partial charge in [0.15, 0.2) is 0 Å². The lowest BCUT2D eigenvalue weighted by atomic mass is 9.80. The van der Waals surface area contributed by atoms with E-state index in [0.717, 1.165) is 41.8 Å². The van der Waals surface area contributed by atoms with Crippen molar-refractivity contribution in [1.29, 1.82) is 0 Å². The molecule has 1 unspecified atom stereocenters. The Balaban J connectivity index is 1.25. The molecule has 2 aromatic rings. The van der Waals surface area contributed by atoms with Crippen molar-refractivity contribution in [3.63, 3.8) is 0 Å². The van der Waals surface area contributed by atoms with Crippen molar-refractivity contribution in [3.8, 4) is 0 Å². The number of rotatable bonds is 6. The van der Waals surface area contributed by atoms with Crippen LogP contribution in [-0.2, 0) is 24.3 Å². The lowest BCUT2D eigenvalue weighted by Crippen LogP contribution is -2.49. The molecule has 5 rings (SSSR count). The van der Waals surface area contributed by atoms with Crippen LogP contribution in [0.1, 0.15) is 65.6 Å². The van der Waals surface area contributed by atoms with Gasteiger partial charge in [-0.2, -0.15) is 0 Å². The van der Waals surface area contributed by atoms with Gasteiger partial charge in [0.2, 0.25) is 5.91 Å². The van der Waals surface area contributed by atoms with Gasteiger partial charge in [-0.3, -0.25) is 9.59 Å². The van der Waals surface area contributed by atoms with E-state index in [9.17, 15) is 9.59 Å². The van der Waals surface area contributed by atoms with Gasteiger partial charge in [-0.05, 0) is 79.0 Å². The molecule has 1 aliphatic carbocycles. The SMILES string of the molecule is C=C1CCC(N2Cc3cc(C[C@H]4CCCC[C@@H]4NCc4cc(Cl)cc(Cl)c4)ccc3C2=O)C(=O)N1. The van der Waals surface area contributed by atoms with Crippen molar-refractivity contribution >= 4 is 35.0 Å². The van der Waals surface area contributed by atoms with Gasteiger partial charge in [-0.1, -0.05) is 54.8 Å². The molecule has 2 N–H and O–H groups in total. The summed E-state index contributed by atoms with van der Waals surface area (Å²) in [5.41, 5.74) is 4.83. The van der Waals surface area contributed by atoms with Crippen molar-refractivity contribution in [1.82, 2.24) is 15.5 Å². The van der Waals surface area contributed by atoms with E-state index in [0.29, 0.717) is 41.4 Å². The number of nitrogens with one attached hydrogen (secondary N) is 2. The number of halogens is 2. The predicted molar refractivity (Wildman–Crippen MR) is 139 cm³/mol. The second-order valence-electron chi connectivity index (χ2n) is 10.1. The van der Waals surface area contributed by atoms with Gasteiger partial charge in [0.25, 0.3) is 5.91 Å². The van der Waals surface area contributed by atoms with E-state index in [1.807, 2.05) is 18.2 Å². The van der Waals surface area contributed by atoms with Crippen LogP contribution in [0.25, 0.3) is 0 Å². The van der Waals surface area contributed by atoms with Crippen LogP contribution in [0.2, 0.25) is 10.0 Å². The average molecular weight is 512 g/mol. The standard InChI is InChI=1S/C28H31Cl2N3O2/c1-17-6-9-26(27(34)32-17)33-16-21-11-18(7-8-24(21)28(33)35)10-20-4-2-3-5-25(20)31-15-19-12-22(29)14-23(30)13-19/h7-8,11-14,20,25-26,31H,1-6,9-10,15-16H2,(H,32,34)/t20-,25+,26?/m1/s1. The summed E-state index contributed by atoms with van der Waals surface area (Å²) in [6.07, 6.45) is 7.11. The molecule has 2 aliphatic heterocycles. The Hall–Kier alpha value is -2.34. The third-order valence-electron chi connectivity index (χ3n) is 7.60. The first kappa shape index (κ1) is 24.4. The zero-order valence-corrected chi connectivity index (χ0v) is 21.3. The highest BCUT2D eigenvalue weighted by Crippen LogP contribution is 2.32. The van der Waals surface area contributed by atoms with Gasteiger partial charge in [-0.25, -0.2) is 0 Å². The molecule has 7 heteroatoms. The topological polar surface area (TPSA) is 61.4 Å². The Labute approximate surface area is 216 Å². The molecule has 2 aromatic carbocycles. The minimum Gasteiger partial charge on any atom is -0.329 e. The summed E-state index contributed by atoms with van der Waals surface area (Å²) in [6, 6.07) is 11.9. The minimum atomic E-state index is -0.421. The number of nitrogens with zero attached hydrogens (tertiary/aromatic N) is 1. The summed E-state index contributed by atoms with van der Waals surface area (Å²) in [5.74, 6) is 0.358. The lowest BCUT2D eigenvalue weighted by Gasteiger charge is -2.33. The normalized spacial score (nSPS) is 24.5. The van der Waals surface area contributed by atoms with E-state index >= 15 is 0 Å². The van der Waals surface area contributed by atoms with Crippen molar-refractivity contribution < 1.29 is 9.59 Å². The molecule has 0 radical (unpaired) electrons.